The highest BCUT2D eigenvalue weighted by molar-refractivity contribution is 7.91. The van der Waals surface area contributed by atoms with Crippen LogP contribution in [-0.4, -0.2) is 42.8 Å². The molecule has 2 rings (SSSR count). The first kappa shape index (κ1) is 15.5. The standard InChI is InChI=1S/C15H25NO3S/c1-3-12(2)15(17)16(13-7-5-4-6-8-13)14-9-10-20(18,19)11-14/h3,13-14H,4-11H2,1-2H3/b12-3+. The average molecular weight is 299 g/mol. The molecular weight excluding hydrogens is 274 g/mol. The summed E-state index contributed by atoms with van der Waals surface area (Å²) in [7, 11) is -2.96. The van der Waals surface area contributed by atoms with Crippen molar-refractivity contribution in [1.29, 1.82) is 0 Å². The topological polar surface area (TPSA) is 54.5 Å². The minimum atomic E-state index is -2.96. The Morgan fingerprint density at radius 2 is 1.75 bits per heavy atom. The monoisotopic (exact) mass is 299 g/mol. The van der Waals surface area contributed by atoms with Crippen molar-refractivity contribution in [3.8, 4) is 0 Å². The summed E-state index contributed by atoms with van der Waals surface area (Å²) < 4.78 is 23.5. The summed E-state index contributed by atoms with van der Waals surface area (Å²) in [6, 6.07) is 0.106. The first-order valence-corrected chi connectivity index (χ1v) is 9.43. The first-order valence-electron chi connectivity index (χ1n) is 7.60. The van der Waals surface area contributed by atoms with E-state index in [4.69, 9.17) is 0 Å². The maximum absolute atomic E-state index is 12.6. The molecule has 0 bridgehead atoms. The van der Waals surface area contributed by atoms with Gasteiger partial charge in [-0.3, -0.25) is 4.79 Å². The van der Waals surface area contributed by atoms with Crippen molar-refractivity contribution in [3.05, 3.63) is 11.6 Å². The highest BCUT2D eigenvalue weighted by Gasteiger charge is 2.38. The first-order chi connectivity index (χ1) is 9.44. The SMILES string of the molecule is C/C=C(\C)C(=O)N(C1CCCCC1)C1CCS(=O)(=O)C1. The average Bonchev–Trinajstić information content (AvgIpc) is 2.79. The highest BCUT2D eigenvalue weighted by Crippen LogP contribution is 2.29. The lowest BCUT2D eigenvalue weighted by atomic mass is 9.92. The van der Waals surface area contributed by atoms with Gasteiger partial charge >= 0.3 is 0 Å². The van der Waals surface area contributed by atoms with Crippen LogP contribution >= 0.6 is 0 Å². The van der Waals surface area contributed by atoms with E-state index in [1.807, 2.05) is 24.8 Å². The van der Waals surface area contributed by atoms with Crippen LogP contribution in [0.25, 0.3) is 0 Å². The van der Waals surface area contributed by atoms with Crippen molar-refractivity contribution in [2.24, 2.45) is 0 Å². The van der Waals surface area contributed by atoms with E-state index in [0.717, 1.165) is 31.3 Å². The molecule has 1 atom stereocenters. The minimum Gasteiger partial charge on any atom is -0.332 e. The molecule has 1 unspecified atom stereocenters. The van der Waals surface area contributed by atoms with E-state index in [0.29, 0.717) is 6.42 Å². The summed E-state index contributed by atoms with van der Waals surface area (Å²) in [5.74, 6) is 0.399. The smallest absolute Gasteiger partial charge is 0.249 e. The van der Waals surface area contributed by atoms with Crippen LogP contribution in [0.3, 0.4) is 0 Å². The number of carbonyl (C=O) groups excluding carboxylic acids is 1. The molecule has 5 heteroatoms. The van der Waals surface area contributed by atoms with Crippen LogP contribution in [0.15, 0.2) is 11.6 Å². The second-order valence-electron chi connectivity index (χ2n) is 6.03. The zero-order chi connectivity index (χ0) is 14.8. The van der Waals surface area contributed by atoms with Gasteiger partial charge in [0, 0.05) is 17.7 Å². The normalized spacial score (nSPS) is 27.5. The Morgan fingerprint density at radius 3 is 2.25 bits per heavy atom. The van der Waals surface area contributed by atoms with E-state index in [1.54, 1.807) is 0 Å². The molecule has 4 nitrogen and oxygen atoms in total. The summed E-state index contributed by atoms with van der Waals surface area (Å²) in [4.78, 5) is 14.5. The van der Waals surface area contributed by atoms with E-state index < -0.39 is 9.84 Å². The summed E-state index contributed by atoms with van der Waals surface area (Å²) in [5, 5.41) is 0. The van der Waals surface area contributed by atoms with Crippen molar-refractivity contribution in [1.82, 2.24) is 4.90 Å². The number of amides is 1. The van der Waals surface area contributed by atoms with Gasteiger partial charge in [-0.1, -0.05) is 25.3 Å². The van der Waals surface area contributed by atoms with Crippen LogP contribution in [0.5, 0.6) is 0 Å². The van der Waals surface area contributed by atoms with E-state index in [-0.39, 0.29) is 29.5 Å². The predicted octanol–water partition coefficient (Wildman–Crippen LogP) is 2.30. The lowest BCUT2D eigenvalue weighted by molar-refractivity contribution is -0.132. The van der Waals surface area contributed by atoms with Crippen molar-refractivity contribution in [2.75, 3.05) is 11.5 Å². The summed E-state index contributed by atoms with van der Waals surface area (Å²) in [6.07, 6.45) is 7.96. The third-order valence-corrected chi connectivity index (χ3v) is 6.33. The van der Waals surface area contributed by atoms with Gasteiger partial charge in [0.1, 0.15) is 0 Å². The number of nitrogens with zero attached hydrogens (tertiary/aromatic N) is 1. The molecule has 1 amide bonds. The fourth-order valence-corrected chi connectivity index (χ4v) is 5.02. The van der Waals surface area contributed by atoms with Gasteiger partial charge < -0.3 is 4.90 Å². The number of sulfone groups is 1. The van der Waals surface area contributed by atoms with Gasteiger partial charge in [0.2, 0.25) is 5.91 Å². The number of allylic oxidation sites excluding steroid dienone is 1. The molecule has 2 fully saturated rings. The maximum atomic E-state index is 12.6. The number of carbonyl (C=O) groups is 1. The Labute approximate surface area is 122 Å². The molecule has 1 saturated carbocycles. The Balaban J connectivity index is 2.22. The molecular formula is C15H25NO3S. The van der Waals surface area contributed by atoms with Gasteiger partial charge in [0.05, 0.1) is 11.5 Å². The van der Waals surface area contributed by atoms with Gasteiger partial charge in [0.15, 0.2) is 9.84 Å². The molecule has 0 spiro atoms. The van der Waals surface area contributed by atoms with E-state index in [2.05, 4.69) is 0 Å². The van der Waals surface area contributed by atoms with E-state index in [1.165, 1.54) is 6.42 Å². The van der Waals surface area contributed by atoms with E-state index >= 15 is 0 Å². The van der Waals surface area contributed by atoms with Gasteiger partial charge in [-0.05, 0) is 33.1 Å². The molecule has 2 aliphatic rings. The molecule has 0 aromatic heterocycles. The Bertz CT molecular complexity index is 489. The Kier molecular flexibility index (Phi) is 4.89. The number of rotatable bonds is 3. The molecule has 1 heterocycles. The third kappa shape index (κ3) is 3.43. The molecule has 0 radical (unpaired) electrons. The molecule has 1 aliphatic carbocycles. The second-order valence-corrected chi connectivity index (χ2v) is 8.26. The van der Waals surface area contributed by atoms with Gasteiger partial charge in [0.25, 0.3) is 0 Å². The second kappa shape index (κ2) is 6.29. The van der Waals surface area contributed by atoms with Crippen LogP contribution in [-0.2, 0) is 14.6 Å². The van der Waals surface area contributed by atoms with Crippen LogP contribution in [0.2, 0.25) is 0 Å². The zero-order valence-electron chi connectivity index (χ0n) is 12.5. The van der Waals surface area contributed by atoms with Gasteiger partial charge in [-0.25, -0.2) is 8.42 Å². The molecule has 1 aliphatic heterocycles. The zero-order valence-corrected chi connectivity index (χ0v) is 13.3. The molecule has 0 aromatic rings. The predicted molar refractivity (Wildman–Crippen MR) is 80.2 cm³/mol. The van der Waals surface area contributed by atoms with Crippen LogP contribution in [0.1, 0.15) is 52.4 Å². The molecule has 114 valence electrons. The van der Waals surface area contributed by atoms with Crippen molar-refractivity contribution in [2.45, 2.75) is 64.5 Å². The van der Waals surface area contributed by atoms with E-state index in [9.17, 15) is 13.2 Å². The Hall–Kier alpha value is -0.840. The van der Waals surface area contributed by atoms with Crippen LogP contribution < -0.4 is 0 Å². The fourth-order valence-electron chi connectivity index (χ4n) is 3.31. The van der Waals surface area contributed by atoms with Crippen molar-refractivity contribution in [3.63, 3.8) is 0 Å². The maximum Gasteiger partial charge on any atom is 0.249 e. The molecule has 0 aromatic carbocycles. The summed E-state index contributed by atoms with van der Waals surface area (Å²) in [6.45, 7) is 3.68. The molecule has 0 N–H and O–H groups in total. The summed E-state index contributed by atoms with van der Waals surface area (Å²) >= 11 is 0. The quantitative estimate of drug-likeness (QED) is 0.751. The fraction of sp³-hybridized carbons (Fsp3) is 0.800. The van der Waals surface area contributed by atoms with Crippen molar-refractivity contribution < 1.29 is 13.2 Å². The molecule has 1 saturated heterocycles. The Morgan fingerprint density at radius 1 is 1.10 bits per heavy atom. The lowest BCUT2D eigenvalue weighted by Crippen LogP contribution is -2.49. The third-order valence-electron chi connectivity index (χ3n) is 4.57. The lowest BCUT2D eigenvalue weighted by Gasteiger charge is -2.38. The minimum absolute atomic E-state index is 0.0292. The van der Waals surface area contributed by atoms with Crippen molar-refractivity contribution >= 4 is 15.7 Å². The number of hydrogen-bond acceptors (Lipinski definition) is 3. The largest absolute Gasteiger partial charge is 0.332 e. The number of hydrogen-bond donors (Lipinski definition) is 0. The van der Waals surface area contributed by atoms with Crippen LogP contribution in [0.4, 0.5) is 0 Å². The van der Waals surface area contributed by atoms with Gasteiger partial charge in [-0.15, -0.1) is 0 Å². The molecule has 20 heavy (non-hydrogen) atoms. The summed E-state index contributed by atoms with van der Waals surface area (Å²) in [5.41, 5.74) is 0.722. The van der Waals surface area contributed by atoms with Crippen LogP contribution in [0, 0.1) is 0 Å². The van der Waals surface area contributed by atoms with Gasteiger partial charge in [-0.2, -0.15) is 0 Å². The highest BCUT2D eigenvalue weighted by atomic mass is 32.2.